The van der Waals surface area contributed by atoms with Crippen molar-refractivity contribution in [2.75, 3.05) is 27.3 Å². The van der Waals surface area contributed by atoms with Crippen molar-refractivity contribution in [3.63, 3.8) is 0 Å². The van der Waals surface area contributed by atoms with Crippen LogP contribution in [0.5, 0.6) is 11.5 Å². The molecule has 0 unspecified atom stereocenters. The minimum atomic E-state index is 0. The number of rotatable bonds is 8. The van der Waals surface area contributed by atoms with Crippen LogP contribution in [0.25, 0.3) is 0 Å². The number of halogens is 1. The van der Waals surface area contributed by atoms with Crippen molar-refractivity contribution in [1.82, 2.24) is 15.5 Å². The van der Waals surface area contributed by atoms with Gasteiger partial charge in [-0.05, 0) is 31.0 Å². The summed E-state index contributed by atoms with van der Waals surface area (Å²) in [5.41, 5.74) is 6.96. The van der Waals surface area contributed by atoms with Gasteiger partial charge in [0.15, 0.2) is 23.3 Å². The summed E-state index contributed by atoms with van der Waals surface area (Å²) in [6, 6.07) is 5.83. The minimum absolute atomic E-state index is 0. The Labute approximate surface area is 164 Å². The predicted molar refractivity (Wildman–Crippen MR) is 106 cm³/mol. The summed E-state index contributed by atoms with van der Waals surface area (Å²) in [5, 5.41) is 6.80. The summed E-state index contributed by atoms with van der Waals surface area (Å²) in [5.74, 6) is 3.01. The fourth-order valence-electron chi connectivity index (χ4n) is 2.14. The van der Waals surface area contributed by atoms with E-state index in [1.807, 2.05) is 18.2 Å². The molecular formula is C16H24IN5O3. The Balaban J connectivity index is 0.00000312. The fraction of sp³-hybridized carbons (Fsp3) is 0.438. The van der Waals surface area contributed by atoms with Gasteiger partial charge in [0.2, 0.25) is 5.89 Å². The number of nitrogens with one attached hydrogen (secondary N) is 1. The Bertz CT molecular complexity index is 690. The summed E-state index contributed by atoms with van der Waals surface area (Å²) in [6.07, 6.45) is 1.36. The van der Waals surface area contributed by atoms with E-state index in [2.05, 4.69) is 20.4 Å². The van der Waals surface area contributed by atoms with E-state index in [9.17, 15) is 0 Å². The van der Waals surface area contributed by atoms with Crippen molar-refractivity contribution < 1.29 is 14.0 Å². The standard InChI is InChI=1S/C16H23N5O3.HI/c1-11-20-15(24-21-11)7-9-19-16(17)18-8-6-12-4-5-13(22-2)14(10-12)23-3;/h4-5,10H,6-9H2,1-3H3,(H3,17,18,19);1H. The lowest BCUT2D eigenvalue weighted by molar-refractivity contribution is 0.354. The van der Waals surface area contributed by atoms with E-state index in [0.717, 1.165) is 12.0 Å². The topological polar surface area (TPSA) is 108 Å². The average Bonchev–Trinajstić information content (AvgIpc) is 3.00. The molecule has 0 saturated carbocycles. The number of aryl methyl sites for hydroxylation is 1. The fourth-order valence-corrected chi connectivity index (χ4v) is 2.14. The molecule has 1 aromatic carbocycles. The van der Waals surface area contributed by atoms with Crippen LogP contribution in [-0.2, 0) is 12.8 Å². The molecule has 138 valence electrons. The molecule has 0 atom stereocenters. The third-order valence-corrected chi connectivity index (χ3v) is 3.35. The second kappa shape index (κ2) is 10.7. The third kappa shape index (κ3) is 6.77. The van der Waals surface area contributed by atoms with Gasteiger partial charge in [0.25, 0.3) is 0 Å². The quantitative estimate of drug-likeness (QED) is 0.350. The number of hydrogen-bond acceptors (Lipinski definition) is 6. The van der Waals surface area contributed by atoms with Crippen molar-refractivity contribution in [2.24, 2.45) is 10.7 Å². The predicted octanol–water partition coefficient (Wildman–Crippen LogP) is 1.70. The molecule has 0 aliphatic carbocycles. The number of nitrogens with two attached hydrogens (primary N) is 1. The number of aliphatic imine (C=N–C) groups is 1. The van der Waals surface area contributed by atoms with Crippen molar-refractivity contribution in [3.05, 3.63) is 35.5 Å². The molecule has 8 nitrogen and oxygen atoms in total. The van der Waals surface area contributed by atoms with E-state index in [4.69, 9.17) is 19.7 Å². The van der Waals surface area contributed by atoms with Crippen LogP contribution in [0.3, 0.4) is 0 Å². The number of ether oxygens (including phenoxy) is 2. The molecule has 0 saturated heterocycles. The average molecular weight is 461 g/mol. The molecule has 2 aromatic rings. The van der Waals surface area contributed by atoms with Crippen molar-refractivity contribution >= 4 is 29.9 Å². The highest BCUT2D eigenvalue weighted by Crippen LogP contribution is 2.27. The van der Waals surface area contributed by atoms with E-state index in [0.29, 0.717) is 48.7 Å². The molecule has 0 bridgehead atoms. The highest BCUT2D eigenvalue weighted by atomic mass is 127. The van der Waals surface area contributed by atoms with Gasteiger partial charge in [0, 0.05) is 13.0 Å². The Morgan fingerprint density at radius 3 is 2.64 bits per heavy atom. The number of guanidine groups is 1. The van der Waals surface area contributed by atoms with Gasteiger partial charge >= 0.3 is 0 Å². The summed E-state index contributed by atoms with van der Waals surface area (Å²) < 4.78 is 15.5. The van der Waals surface area contributed by atoms with Gasteiger partial charge < -0.3 is 25.0 Å². The Hall–Kier alpha value is -2.04. The number of hydrogen-bond donors (Lipinski definition) is 2. The highest BCUT2D eigenvalue weighted by Gasteiger charge is 2.05. The van der Waals surface area contributed by atoms with Crippen LogP contribution in [0.4, 0.5) is 0 Å². The number of methoxy groups -OCH3 is 2. The smallest absolute Gasteiger partial charge is 0.228 e. The van der Waals surface area contributed by atoms with E-state index in [1.165, 1.54) is 0 Å². The van der Waals surface area contributed by atoms with Crippen LogP contribution in [0.1, 0.15) is 17.3 Å². The van der Waals surface area contributed by atoms with Crippen LogP contribution >= 0.6 is 24.0 Å². The van der Waals surface area contributed by atoms with Gasteiger partial charge in [-0.3, -0.25) is 4.99 Å². The maximum absolute atomic E-state index is 5.84. The van der Waals surface area contributed by atoms with Crippen LogP contribution in [0, 0.1) is 6.92 Å². The monoisotopic (exact) mass is 461 g/mol. The maximum Gasteiger partial charge on any atom is 0.228 e. The molecule has 0 aliphatic heterocycles. The van der Waals surface area contributed by atoms with Gasteiger partial charge in [-0.2, -0.15) is 4.98 Å². The van der Waals surface area contributed by atoms with Gasteiger partial charge in [0.05, 0.1) is 20.8 Å². The number of benzene rings is 1. The van der Waals surface area contributed by atoms with Gasteiger partial charge in [-0.25, -0.2) is 0 Å². The first-order valence-corrected chi connectivity index (χ1v) is 7.66. The van der Waals surface area contributed by atoms with E-state index in [1.54, 1.807) is 21.1 Å². The Morgan fingerprint density at radius 2 is 2.00 bits per heavy atom. The van der Waals surface area contributed by atoms with E-state index >= 15 is 0 Å². The summed E-state index contributed by atoms with van der Waals surface area (Å²) >= 11 is 0. The number of aromatic nitrogens is 2. The van der Waals surface area contributed by atoms with Crippen LogP contribution < -0.4 is 20.5 Å². The van der Waals surface area contributed by atoms with Gasteiger partial charge in [-0.15, -0.1) is 24.0 Å². The van der Waals surface area contributed by atoms with Crippen LogP contribution in [0.15, 0.2) is 27.7 Å². The molecular weight excluding hydrogens is 437 g/mol. The zero-order valence-corrected chi connectivity index (χ0v) is 16.9. The second-order valence-electron chi connectivity index (χ2n) is 5.12. The SMILES string of the molecule is COc1ccc(CCNC(N)=NCCc2nc(C)no2)cc1OC.I. The largest absolute Gasteiger partial charge is 0.493 e. The van der Waals surface area contributed by atoms with Crippen molar-refractivity contribution in [3.8, 4) is 11.5 Å². The maximum atomic E-state index is 5.84. The molecule has 0 fully saturated rings. The minimum Gasteiger partial charge on any atom is -0.493 e. The molecule has 0 aliphatic rings. The summed E-state index contributed by atoms with van der Waals surface area (Å²) in [4.78, 5) is 8.34. The van der Waals surface area contributed by atoms with Crippen LogP contribution in [0.2, 0.25) is 0 Å². The summed E-state index contributed by atoms with van der Waals surface area (Å²) in [6.45, 7) is 2.95. The molecule has 0 spiro atoms. The third-order valence-electron chi connectivity index (χ3n) is 3.35. The highest BCUT2D eigenvalue weighted by molar-refractivity contribution is 14.0. The molecule has 2 rings (SSSR count). The van der Waals surface area contributed by atoms with Crippen LogP contribution in [-0.4, -0.2) is 43.4 Å². The Morgan fingerprint density at radius 1 is 1.24 bits per heavy atom. The molecule has 25 heavy (non-hydrogen) atoms. The van der Waals surface area contributed by atoms with Crippen molar-refractivity contribution in [1.29, 1.82) is 0 Å². The molecule has 3 N–H and O–H groups in total. The van der Waals surface area contributed by atoms with E-state index in [-0.39, 0.29) is 24.0 Å². The number of nitrogens with zero attached hydrogens (tertiary/aromatic N) is 3. The normalized spacial score (nSPS) is 10.9. The lowest BCUT2D eigenvalue weighted by atomic mass is 10.1. The molecule has 1 aromatic heterocycles. The first kappa shape index (κ1) is 21.0. The lowest BCUT2D eigenvalue weighted by Crippen LogP contribution is -2.33. The zero-order chi connectivity index (χ0) is 17.4. The molecule has 0 amide bonds. The molecule has 0 radical (unpaired) electrons. The van der Waals surface area contributed by atoms with Crippen molar-refractivity contribution in [2.45, 2.75) is 19.8 Å². The molecule has 9 heteroatoms. The summed E-state index contributed by atoms with van der Waals surface area (Å²) in [7, 11) is 3.24. The second-order valence-corrected chi connectivity index (χ2v) is 5.12. The van der Waals surface area contributed by atoms with E-state index < -0.39 is 0 Å². The van der Waals surface area contributed by atoms with Gasteiger partial charge in [0.1, 0.15) is 0 Å². The lowest BCUT2D eigenvalue weighted by Gasteiger charge is -2.10. The first-order chi connectivity index (χ1) is 11.6. The zero-order valence-electron chi connectivity index (χ0n) is 14.6. The van der Waals surface area contributed by atoms with Gasteiger partial charge in [-0.1, -0.05) is 11.2 Å². The first-order valence-electron chi connectivity index (χ1n) is 7.66. The molecule has 1 heterocycles. The Kier molecular flexibility index (Phi) is 9.03.